The molecule has 0 bridgehead atoms. The number of hydrogen-bond acceptors (Lipinski definition) is 4. The predicted molar refractivity (Wildman–Crippen MR) is 71.2 cm³/mol. The summed E-state index contributed by atoms with van der Waals surface area (Å²) in [5.74, 6) is 0.953. The van der Waals surface area contributed by atoms with Gasteiger partial charge in [-0.1, -0.05) is 6.92 Å². The van der Waals surface area contributed by atoms with E-state index in [-0.39, 0.29) is 0 Å². The van der Waals surface area contributed by atoms with Crippen LogP contribution in [0.1, 0.15) is 12.5 Å². The zero-order chi connectivity index (χ0) is 12.1. The smallest absolute Gasteiger partial charge is 0.125 e. The van der Waals surface area contributed by atoms with Gasteiger partial charge in [0, 0.05) is 46.0 Å². The first-order chi connectivity index (χ1) is 8.31. The quantitative estimate of drug-likeness (QED) is 0.850. The van der Waals surface area contributed by atoms with E-state index in [1.54, 1.807) is 0 Å². The Bertz CT molecular complexity index is 345. The van der Waals surface area contributed by atoms with Crippen molar-refractivity contribution in [3.05, 3.63) is 23.9 Å². The Balaban J connectivity index is 1.88. The Labute approximate surface area is 104 Å². The lowest BCUT2D eigenvalue weighted by Crippen LogP contribution is -2.45. The summed E-state index contributed by atoms with van der Waals surface area (Å²) in [5, 5.41) is 3.08. The standard InChI is InChI=1S/C13H22N4/c1-3-16-6-8-17(9-7-16)11-12-4-5-15-13(10-12)14-2/h4-5,10H,3,6-9,11H2,1-2H3,(H,14,15). The number of pyridine rings is 1. The van der Waals surface area contributed by atoms with Gasteiger partial charge in [0.25, 0.3) is 0 Å². The number of nitrogens with zero attached hydrogens (tertiary/aromatic N) is 3. The summed E-state index contributed by atoms with van der Waals surface area (Å²) in [6.07, 6.45) is 1.88. The molecule has 1 N–H and O–H groups in total. The molecular weight excluding hydrogens is 212 g/mol. The van der Waals surface area contributed by atoms with Gasteiger partial charge in [-0.15, -0.1) is 0 Å². The lowest BCUT2D eigenvalue weighted by Gasteiger charge is -2.34. The topological polar surface area (TPSA) is 31.4 Å². The van der Waals surface area contributed by atoms with Crippen LogP contribution in [0.3, 0.4) is 0 Å². The van der Waals surface area contributed by atoms with Gasteiger partial charge in [-0.25, -0.2) is 4.98 Å². The molecule has 1 aliphatic heterocycles. The summed E-state index contributed by atoms with van der Waals surface area (Å²) in [4.78, 5) is 9.26. The number of likely N-dealkylation sites (N-methyl/N-ethyl adjacent to an activating group) is 1. The molecule has 17 heavy (non-hydrogen) atoms. The molecule has 1 aromatic rings. The van der Waals surface area contributed by atoms with Crippen molar-refractivity contribution in [3.63, 3.8) is 0 Å². The van der Waals surface area contributed by atoms with Crippen LogP contribution in [0.4, 0.5) is 5.82 Å². The average molecular weight is 234 g/mol. The molecule has 94 valence electrons. The fraction of sp³-hybridized carbons (Fsp3) is 0.615. The molecule has 1 saturated heterocycles. The summed E-state index contributed by atoms with van der Waals surface area (Å²) < 4.78 is 0. The van der Waals surface area contributed by atoms with E-state index in [4.69, 9.17) is 0 Å². The van der Waals surface area contributed by atoms with Crippen molar-refractivity contribution in [2.45, 2.75) is 13.5 Å². The van der Waals surface area contributed by atoms with Crippen LogP contribution in [-0.4, -0.2) is 54.6 Å². The number of nitrogens with one attached hydrogen (secondary N) is 1. The maximum atomic E-state index is 4.24. The lowest BCUT2D eigenvalue weighted by molar-refractivity contribution is 0.132. The highest BCUT2D eigenvalue weighted by Gasteiger charge is 2.15. The minimum atomic E-state index is 0.953. The molecule has 0 aliphatic carbocycles. The van der Waals surface area contributed by atoms with E-state index in [2.05, 4.69) is 39.2 Å². The van der Waals surface area contributed by atoms with Crippen molar-refractivity contribution < 1.29 is 0 Å². The van der Waals surface area contributed by atoms with Gasteiger partial charge < -0.3 is 10.2 Å². The Kier molecular flexibility index (Phi) is 4.34. The second-order valence-corrected chi connectivity index (χ2v) is 4.51. The van der Waals surface area contributed by atoms with Crippen LogP contribution in [0.15, 0.2) is 18.3 Å². The van der Waals surface area contributed by atoms with E-state index < -0.39 is 0 Å². The first kappa shape index (κ1) is 12.3. The first-order valence-corrected chi connectivity index (χ1v) is 6.39. The van der Waals surface area contributed by atoms with Crippen molar-refractivity contribution in [1.82, 2.24) is 14.8 Å². The van der Waals surface area contributed by atoms with Gasteiger partial charge in [-0.2, -0.15) is 0 Å². The fourth-order valence-electron chi connectivity index (χ4n) is 2.23. The molecule has 1 aromatic heterocycles. The maximum Gasteiger partial charge on any atom is 0.125 e. The number of aromatic nitrogens is 1. The molecule has 1 aliphatic rings. The second-order valence-electron chi connectivity index (χ2n) is 4.51. The third-order valence-electron chi connectivity index (χ3n) is 3.40. The molecule has 4 nitrogen and oxygen atoms in total. The molecule has 4 heteroatoms. The zero-order valence-corrected chi connectivity index (χ0v) is 10.8. The predicted octanol–water partition coefficient (Wildman–Crippen LogP) is 1.26. The molecule has 2 heterocycles. The van der Waals surface area contributed by atoms with Gasteiger partial charge in [0.05, 0.1) is 0 Å². The van der Waals surface area contributed by atoms with E-state index in [9.17, 15) is 0 Å². The zero-order valence-electron chi connectivity index (χ0n) is 10.8. The van der Waals surface area contributed by atoms with E-state index >= 15 is 0 Å². The van der Waals surface area contributed by atoms with Crippen LogP contribution in [0.25, 0.3) is 0 Å². The number of rotatable bonds is 4. The molecule has 0 radical (unpaired) electrons. The molecular formula is C13H22N4. The van der Waals surface area contributed by atoms with Crippen molar-refractivity contribution >= 4 is 5.82 Å². The molecule has 0 unspecified atom stereocenters. The van der Waals surface area contributed by atoms with Crippen LogP contribution in [0, 0.1) is 0 Å². The van der Waals surface area contributed by atoms with Crippen LogP contribution < -0.4 is 5.32 Å². The summed E-state index contributed by atoms with van der Waals surface area (Å²) in [6.45, 7) is 9.18. The molecule has 0 atom stereocenters. The number of hydrogen-bond donors (Lipinski definition) is 1. The third kappa shape index (κ3) is 3.41. The largest absolute Gasteiger partial charge is 0.373 e. The number of piperazine rings is 1. The second kappa shape index (κ2) is 5.98. The Morgan fingerprint density at radius 3 is 2.59 bits per heavy atom. The van der Waals surface area contributed by atoms with Gasteiger partial charge in [0.2, 0.25) is 0 Å². The molecule has 0 saturated carbocycles. The summed E-state index contributed by atoms with van der Waals surface area (Å²) >= 11 is 0. The normalized spacial score (nSPS) is 18.2. The van der Waals surface area contributed by atoms with E-state index in [1.807, 2.05) is 13.2 Å². The van der Waals surface area contributed by atoms with Gasteiger partial charge in [-0.3, -0.25) is 4.90 Å². The van der Waals surface area contributed by atoms with Crippen LogP contribution >= 0.6 is 0 Å². The highest BCUT2D eigenvalue weighted by Crippen LogP contribution is 2.11. The minimum absolute atomic E-state index is 0.953. The van der Waals surface area contributed by atoms with Crippen LogP contribution in [-0.2, 0) is 6.54 Å². The van der Waals surface area contributed by atoms with Gasteiger partial charge in [-0.05, 0) is 24.2 Å². The summed E-state index contributed by atoms with van der Waals surface area (Å²) in [6, 6.07) is 4.24. The van der Waals surface area contributed by atoms with Crippen LogP contribution in [0.5, 0.6) is 0 Å². The lowest BCUT2D eigenvalue weighted by atomic mass is 10.2. The van der Waals surface area contributed by atoms with Gasteiger partial charge in [0.1, 0.15) is 5.82 Å². The third-order valence-corrected chi connectivity index (χ3v) is 3.40. The Hall–Kier alpha value is -1.13. The first-order valence-electron chi connectivity index (χ1n) is 6.39. The molecule has 0 spiro atoms. The van der Waals surface area contributed by atoms with Crippen molar-refractivity contribution in [2.24, 2.45) is 0 Å². The SMILES string of the molecule is CCN1CCN(Cc2ccnc(NC)c2)CC1. The van der Waals surface area contributed by atoms with Crippen molar-refractivity contribution in [1.29, 1.82) is 0 Å². The molecule has 0 amide bonds. The monoisotopic (exact) mass is 234 g/mol. The molecule has 1 fully saturated rings. The van der Waals surface area contributed by atoms with Crippen molar-refractivity contribution in [3.8, 4) is 0 Å². The Morgan fingerprint density at radius 1 is 1.24 bits per heavy atom. The van der Waals surface area contributed by atoms with E-state index in [0.717, 1.165) is 12.4 Å². The average Bonchev–Trinajstić information content (AvgIpc) is 2.40. The fourth-order valence-corrected chi connectivity index (χ4v) is 2.23. The maximum absolute atomic E-state index is 4.24. The summed E-state index contributed by atoms with van der Waals surface area (Å²) in [7, 11) is 1.91. The molecule has 2 rings (SSSR count). The van der Waals surface area contributed by atoms with E-state index in [1.165, 1.54) is 38.3 Å². The highest BCUT2D eigenvalue weighted by atomic mass is 15.3. The summed E-state index contributed by atoms with van der Waals surface area (Å²) in [5.41, 5.74) is 1.34. The molecule has 0 aromatic carbocycles. The van der Waals surface area contributed by atoms with Crippen molar-refractivity contribution in [2.75, 3.05) is 45.1 Å². The van der Waals surface area contributed by atoms with Crippen LogP contribution in [0.2, 0.25) is 0 Å². The highest BCUT2D eigenvalue weighted by molar-refractivity contribution is 5.36. The van der Waals surface area contributed by atoms with Gasteiger partial charge in [0.15, 0.2) is 0 Å². The minimum Gasteiger partial charge on any atom is -0.373 e. The van der Waals surface area contributed by atoms with E-state index in [0.29, 0.717) is 0 Å². The van der Waals surface area contributed by atoms with Gasteiger partial charge >= 0.3 is 0 Å². The Morgan fingerprint density at radius 2 is 1.94 bits per heavy atom. The number of anilines is 1.